The molecule has 35 heavy (non-hydrogen) atoms. The maximum atomic E-state index is 14.0. The molecule has 0 atom stereocenters. The van der Waals surface area contributed by atoms with Crippen molar-refractivity contribution in [1.29, 1.82) is 0 Å². The van der Waals surface area contributed by atoms with Crippen LogP contribution < -0.4 is 4.90 Å². The van der Waals surface area contributed by atoms with E-state index in [-0.39, 0.29) is 5.75 Å². The first kappa shape index (κ1) is 20.8. The summed E-state index contributed by atoms with van der Waals surface area (Å²) in [5, 5.41) is 18.2. The molecule has 5 heterocycles. The number of nitrogens with zero attached hydrogens (tertiary/aromatic N) is 5. The highest BCUT2D eigenvalue weighted by Gasteiger charge is 2.16. The second-order valence-electron chi connectivity index (χ2n) is 8.49. The Hall–Kier alpha value is -4.79. The smallest absolute Gasteiger partial charge is 0.138 e. The first-order valence-corrected chi connectivity index (χ1v) is 10.9. The number of aromatic nitrogens is 6. The van der Waals surface area contributed by atoms with Gasteiger partial charge in [0.25, 0.3) is 0 Å². The largest absolute Gasteiger partial charge is 0.508 e. The summed E-state index contributed by atoms with van der Waals surface area (Å²) < 4.78 is 14.0. The van der Waals surface area contributed by atoms with Gasteiger partial charge in [-0.1, -0.05) is 0 Å². The number of rotatable bonds is 4. The number of aromatic amines is 2. The first-order valence-electron chi connectivity index (χ1n) is 10.9. The topological polar surface area (TPSA) is 107 Å². The van der Waals surface area contributed by atoms with Crippen LogP contribution in [0.15, 0.2) is 67.1 Å². The molecule has 8 nitrogen and oxygen atoms in total. The molecule has 3 N–H and O–H groups in total. The Bertz CT molecular complexity index is 1700. The van der Waals surface area contributed by atoms with E-state index in [0.717, 1.165) is 45.2 Å². The maximum absolute atomic E-state index is 14.0. The van der Waals surface area contributed by atoms with E-state index in [2.05, 4.69) is 25.1 Å². The summed E-state index contributed by atoms with van der Waals surface area (Å²) in [4.78, 5) is 19.0. The summed E-state index contributed by atoms with van der Waals surface area (Å²) in [5.41, 5.74) is 7.44. The summed E-state index contributed by atoms with van der Waals surface area (Å²) in [6.07, 6.45) is 5.23. The van der Waals surface area contributed by atoms with E-state index in [9.17, 15) is 9.50 Å². The van der Waals surface area contributed by atoms with Gasteiger partial charge in [-0.25, -0.2) is 14.4 Å². The van der Waals surface area contributed by atoms with Gasteiger partial charge in [-0.2, -0.15) is 5.10 Å². The Morgan fingerprint density at radius 2 is 1.86 bits per heavy atom. The summed E-state index contributed by atoms with van der Waals surface area (Å²) in [6, 6.07) is 13.6. The van der Waals surface area contributed by atoms with Crippen LogP contribution in [0.5, 0.6) is 5.75 Å². The molecule has 0 spiro atoms. The molecule has 5 aromatic heterocycles. The van der Waals surface area contributed by atoms with E-state index < -0.39 is 5.82 Å². The summed E-state index contributed by atoms with van der Waals surface area (Å²) in [6.45, 7) is 0. The fourth-order valence-electron chi connectivity index (χ4n) is 4.20. The van der Waals surface area contributed by atoms with Gasteiger partial charge in [0.15, 0.2) is 0 Å². The second kappa shape index (κ2) is 7.91. The third-order valence-electron chi connectivity index (χ3n) is 5.92. The standard InChI is InChI=1S/C26H20FN7O/c1-34(2)17-8-15(12-28-13-17)21-3-4-22-24(30-21)25(33-32-22)23-11-20-19(5-6-29-26(20)31-23)14-7-16(27)10-18(35)9-14/h3-13,35H,1-2H3,(H,29,31)(H,32,33). The predicted molar refractivity (Wildman–Crippen MR) is 134 cm³/mol. The molecule has 0 aliphatic rings. The SMILES string of the molecule is CN(C)c1cncc(-c2ccc3[nH]nc(-c4cc5c(-c6cc(O)cc(F)c6)ccnc5[nH]4)c3n2)c1. The van der Waals surface area contributed by atoms with Crippen molar-refractivity contribution >= 4 is 27.8 Å². The molecule has 6 rings (SSSR count). The van der Waals surface area contributed by atoms with Gasteiger partial charge in [0.05, 0.1) is 28.8 Å². The average Bonchev–Trinajstić information content (AvgIpc) is 3.47. The van der Waals surface area contributed by atoms with Crippen LogP contribution in [0.4, 0.5) is 10.1 Å². The molecule has 0 aliphatic carbocycles. The van der Waals surface area contributed by atoms with Gasteiger partial charge in [-0.05, 0) is 53.6 Å². The quantitative estimate of drug-likeness (QED) is 0.333. The minimum absolute atomic E-state index is 0.136. The number of pyridine rings is 3. The van der Waals surface area contributed by atoms with Crippen LogP contribution in [-0.4, -0.2) is 49.3 Å². The van der Waals surface area contributed by atoms with E-state index >= 15 is 0 Å². The van der Waals surface area contributed by atoms with Crippen LogP contribution in [0.1, 0.15) is 0 Å². The van der Waals surface area contributed by atoms with E-state index in [1.807, 2.05) is 43.3 Å². The minimum atomic E-state index is -0.511. The third kappa shape index (κ3) is 3.63. The molecule has 0 unspecified atom stereocenters. The van der Waals surface area contributed by atoms with Gasteiger partial charge >= 0.3 is 0 Å². The lowest BCUT2D eigenvalue weighted by Gasteiger charge is -2.12. The molecule has 0 saturated carbocycles. The van der Waals surface area contributed by atoms with Gasteiger partial charge in [-0.3, -0.25) is 10.1 Å². The lowest BCUT2D eigenvalue weighted by Crippen LogP contribution is -2.08. The third-order valence-corrected chi connectivity index (χ3v) is 5.92. The fraction of sp³-hybridized carbons (Fsp3) is 0.0769. The van der Waals surface area contributed by atoms with Gasteiger partial charge in [0, 0.05) is 43.5 Å². The highest BCUT2D eigenvalue weighted by Crippen LogP contribution is 2.34. The number of hydrogen-bond donors (Lipinski definition) is 3. The number of hydrogen-bond acceptors (Lipinski definition) is 6. The van der Waals surface area contributed by atoms with Crippen molar-refractivity contribution < 1.29 is 9.50 Å². The van der Waals surface area contributed by atoms with Crippen molar-refractivity contribution in [2.45, 2.75) is 0 Å². The average molecular weight is 465 g/mol. The molecule has 172 valence electrons. The molecule has 1 aromatic carbocycles. The fourth-order valence-corrected chi connectivity index (χ4v) is 4.20. The van der Waals surface area contributed by atoms with Crippen LogP contribution in [0.25, 0.3) is 55.8 Å². The van der Waals surface area contributed by atoms with Gasteiger partial charge in [0.1, 0.15) is 28.4 Å². The van der Waals surface area contributed by atoms with Crippen LogP contribution in [-0.2, 0) is 0 Å². The first-order chi connectivity index (χ1) is 17.0. The monoisotopic (exact) mass is 465 g/mol. The highest BCUT2D eigenvalue weighted by molar-refractivity contribution is 5.99. The Morgan fingerprint density at radius 3 is 2.69 bits per heavy atom. The number of H-pyrrole nitrogens is 2. The molecule has 6 aromatic rings. The molecule has 0 aliphatic heterocycles. The van der Waals surface area contributed by atoms with E-state index in [0.29, 0.717) is 22.4 Å². The van der Waals surface area contributed by atoms with Gasteiger partial charge in [0.2, 0.25) is 0 Å². The molecular weight excluding hydrogens is 445 g/mol. The number of benzene rings is 1. The number of fused-ring (bicyclic) bond motifs is 2. The Balaban J connectivity index is 1.48. The number of phenolic OH excluding ortho intramolecular Hbond substituents is 1. The summed E-state index contributed by atoms with van der Waals surface area (Å²) in [5.74, 6) is -0.646. The zero-order valence-corrected chi connectivity index (χ0v) is 18.9. The molecule has 0 amide bonds. The van der Waals surface area contributed by atoms with Crippen LogP contribution in [0.3, 0.4) is 0 Å². The molecule has 0 radical (unpaired) electrons. The predicted octanol–water partition coefficient (Wildman–Crippen LogP) is 5.14. The number of nitrogens with one attached hydrogen (secondary N) is 2. The number of anilines is 1. The Kier molecular flexibility index (Phi) is 4.70. The van der Waals surface area contributed by atoms with Crippen molar-refractivity contribution in [3.05, 3.63) is 72.9 Å². The number of halogens is 1. The summed E-state index contributed by atoms with van der Waals surface area (Å²) in [7, 11) is 3.93. The van der Waals surface area contributed by atoms with E-state index in [4.69, 9.17) is 4.98 Å². The molecule has 0 bridgehead atoms. The van der Waals surface area contributed by atoms with Crippen molar-refractivity contribution in [2.24, 2.45) is 0 Å². The zero-order chi connectivity index (χ0) is 24.1. The van der Waals surface area contributed by atoms with Crippen molar-refractivity contribution in [1.82, 2.24) is 30.1 Å². The van der Waals surface area contributed by atoms with E-state index in [1.165, 1.54) is 12.1 Å². The van der Waals surface area contributed by atoms with Crippen LogP contribution in [0.2, 0.25) is 0 Å². The molecule has 0 saturated heterocycles. The summed E-state index contributed by atoms with van der Waals surface area (Å²) >= 11 is 0. The van der Waals surface area contributed by atoms with Gasteiger partial charge in [-0.15, -0.1) is 0 Å². The normalized spacial score (nSPS) is 11.4. The maximum Gasteiger partial charge on any atom is 0.138 e. The lowest BCUT2D eigenvalue weighted by atomic mass is 10.0. The van der Waals surface area contributed by atoms with E-state index in [1.54, 1.807) is 24.7 Å². The van der Waals surface area contributed by atoms with Gasteiger partial charge < -0.3 is 15.0 Å². The van der Waals surface area contributed by atoms with Crippen LogP contribution >= 0.6 is 0 Å². The van der Waals surface area contributed by atoms with Crippen molar-refractivity contribution in [3.63, 3.8) is 0 Å². The molecular formula is C26H20FN7O. The Labute approximate surface area is 199 Å². The molecule has 9 heteroatoms. The molecule has 0 fully saturated rings. The highest BCUT2D eigenvalue weighted by atomic mass is 19.1. The number of phenols is 1. The Morgan fingerprint density at radius 1 is 0.971 bits per heavy atom. The van der Waals surface area contributed by atoms with Crippen molar-refractivity contribution in [2.75, 3.05) is 19.0 Å². The number of aromatic hydroxyl groups is 1. The lowest BCUT2D eigenvalue weighted by molar-refractivity contribution is 0.469. The zero-order valence-electron chi connectivity index (χ0n) is 18.9. The van der Waals surface area contributed by atoms with Crippen LogP contribution in [0, 0.1) is 5.82 Å². The van der Waals surface area contributed by atoms with Crippen molar-refractivity contribution in [3.8, 4) is 39.5 Å². The second-order valence-corrected chi connectivity index (χ2v) is 8.49. The minimum Gasteiger partial charge on any atom is -0.508 e.